The van der Waals surface area contributed by atoms with Gasteiger partial charge in [0, 0.05) is 20.1 Å². The molecular formula is C12H19NO2. The minimum Gasteiger partial charge on any atom is -0.378 e. The van der Waals surface area contributed by atoms with Gasteiger partial charge in [0.25, 0.3) is 0 Å². The maximum Gasteiger partial charge on any atom is 0.223 e. The highest BCUT2D eigenvalue weighted by Crippen LogP contribution is 2.32. The first kappa shape index (κ1) is 12.1. The minimum absolute atomic E-state index is 0.146. The number of hydrogen-bond donors (Lipinski definition) is 0. The van der Waals surface area contributed by atoms with Crippen LogP contribution >= 0.6 is 0 Å². The number of nitrogens with zero attached hydrogens (tertiary/aromatic N) is 1. The van der Waals surface area contributed by atoms with E-state index in [0.29, 0.717) is 25.0 Å². The number of hydrogen-bond acceptors (Lipinski definition) is 2. The third-order valence-electron chi connectivity index (χ3n) is 2.81. The van der Waals surface area contributed by atoms with Gasteiger partial charge in [0.15, 0.2) is 0 Å². The van der Waals surface area contributed by atoms with Gasteiger partial charge in [0.1, 0.15) is 0 Å². The van der Waals surface area contributed by atoms with Gasteiger partial charge in [-0.1, -0.05) is 5.92 Å². The van der Waals surface area contributed by atoms with Crippen LogP contribution in [0.1, 0.15) is 26.2 Å². The van der Waals surface area contributed by atoms with Gasteiger partial charge in [-0.15, -0.1) is 6.42 Å². The van der Waals surface area contributed by atoms with Crippen molar-refractivity contribution in [1.29, 1.82) is 0 Å². The lowest BCUT2D eigenvalue weighted by Crippen LogP contribution is -2.36. The average molecular weight is 209 g/mol. The van der Waals surface area contributed by atoms with E-state index in [9.17, 15) is 4.79 Å². The first-order valence-corrected chi connectivity index (χ1v) is 5.46. The Morgan fingerprint density at radius 1 is 1.60 bits per heavy atom. The van der Waals surface area contributed by atoms with Gasteiger partial charge in [-0.3, -0.25) is 4.79 Å². The second-order valence-corrected chi connectivity index (χ2v) is 4.07. The van der Waals surface area contributed by atoms with Crippen molar-refractivity contribution in [2.45, 2.75) is 32.3 Å². The van der Waals surface area contributed by atoms with Crippen LogP contribution in [0.4, 0.5) is 0 Å². The molecule has 0 N–H and O–H groups in total. The van der Waals surface area contributed by atoms with Crippen LogP contribution in [0.5, 0.6) is 0 Å². The first-order chi connectivity index (χ1) is 7.17. The zero-order valence-electron chi connectivity index (χ0n) is 9.53. The van der Waals surface area contributed by atoms with Crippen LogP contribution in [-0.2, 0) is 9.53 Å². The summed E-state index contributed by atoms with van der Waals surface area (Å²) in [7, 11) is 1.75. The molecule has 1 amide bonds. The highest BCUT2D eigenvalue weighted by Gasteiger charge is 2.31. The molecule has 3 nitrogen and oxygen atoms in total. The summed E-state index contributed by atoms with van der Waals surface area (Å²) in [5.41, 5.74) is 0. The Labute approximate surface area is 91.8 Å². The molecule has 0 saturated heterocycles. The lowest BCUT2D eigenvalue weighted by atomic mass is 9.80. The van der Waals surface area contributed by atoms with E-state index in [1.165, 1.54) is 0 Å². The Morgan fingerprint density at radius 2 is 2.27 bits per heavy atom. The number of carbonyl (C=O) groups is 1. The number of carbonyl (C=O) groups excluding carboxylic acids is 1. The maximum atomic E-state index is 11.6. The normalized spacial score (nSPS) is 24.1. The topological polar surface area (TPSA) is 29.5 Å². The fourth-order valence-corrected chi connectivity index (χ4v) is 1.84. The molecule has 84 valence electrons. The predicted octanol–water partition coefficient (Wildman–Crippen LogP) is 1.28. The maximum absolute atomic E-state index is 11.6. The molecule has 0 heterocycles. The number of ether oxygens (including phenoxy) is 1. The van der Waals surface area contributed by atoms with Crippen LogP contribution in [0, 0.1) is 18.3 Å². The summed E-state index contributed by atoms with van der Waals surface area (Å²) in [6.45, 7) is 3.17. The van der Waals surface area contributed by atoms with E-state index in [1.807, 2.05) is 6.92 Å². The van der Waals surface area contributed by atoms with E-state index in [-0.39, 0.29) is 5.91 Å². The molecule has 0 spiro atoms. The molecule has 0 aliphatic heterocycles. The Hall–Kier alpha value is -1.01. The molecule has 0 atom stereocenters. The van der Waals surface area contributed by atoms with Crippen LogP contribution in [0.3, 0.4) is 0 Å². The number of amides is 1. The van der Waals surface area contributed by atoms with Crippen LogP contribution in [0.15, 0.2) is 0 Å². The molecule has 0 bridgehead atoms. The standard InChI is InChI=1S/C12H19NO2/c1-4-6-13(3)12(14)9-10-7-11(8-10)15-5-2/h1,10-11H,5-9H2,2-3H3. The van der Waals surface area contributed by atoms with E-state index in [1.54, 1.807) is 11.9 Å². The van der Waals surface area contributed by atoms with Crippen molar-refractivity contribution >= 4 is 5.91 Å². The summed E-state index contributed by atoms with van der Waals surface area (Å²) in [4.78, 5) is 13.2. The van der Waals surface area contributed by atoms with Gasteiger partial charge in [0.05, 0.1) is 12.6 Å². The Morgan fingerprint density at radius 3 is 2.80 bits per heavy atom. The van der Waals surface area contributed by atoms with Crippen LogP contribution < -0.4 is 0 Å². The monoisotopic (exact) mass is 209 g/mol. The van der Waals surface area contributed by atoms with E-state index < -0.39 is 0 Å². The molecule has 0 aromatic carbocycles. The molecule has 1 saturated carbocycles. The summed E-state index contributed by atoms with van der Waals surface area (Å²) in [6.07, 6.45) is 8.17. The highest BCUT2D eigenvalue weighted by atomic mass is 16.5. The lowest BCUT2D eigenvalue weighted by molar-refractivity contribution is -0.132. The second-order valence-electron chi connectivity index (χ2n) is 4.07. The fraction of sp³-hybridized carbons (Fsp3) is 0.750. The van der Waals surface area contributed by atoms with E-state index in [2.05, 4.69) is 5.92 Å². The van der Waals surface area contributed by atoms with Crippen molar-refractivity contribution in [3.05, 3.63) is 0 Å². The second kappa shape index (κ2) is 5.77. The van der Waals surface area contributed by atoms with Crippen molar-refractivity contribution < 1.29 is 9.53 Å². The SMILES string of the molecule is C#CCN(C)C(=O)CC1CC(OCC)C1. The van der Waals surface area contributed by atoms with Crippen molar-refractivity contribution in [2.24, 2.45) is 5.92 Å². The van der Waals surface area contributed by atoms with Crippen molar-refractivity contribution in [3.63, 3.8) is 0 Å². The Balaban J connectivity index is 2.16. The van der Waals surface area contributed by atoms with Crippen LogP contribution in [0.2, 0.25) is 0 Å². The van der Waals surface area contributed by atoms with Crippen LogP contribution in [0.25, 0.3) is 0 Å². The van der Waals surface area contributed by atoms with Crippen molar-refractivity contribution in [3.8, 4) is 12.3 Å². The third-order valence-corrected chi connectivity index (χ3v) is 2.81. The molecule has 1 fully saturated rings. The molecule has 3 heteroatoms. The van der Waals surface area contributed by atoms with Gasteiger partial charge in [-0.2, -0.15) is 0 Å². The number of terminal acetylenes is 1. The van der Waals surface area contributed by atoms with E-state index >= 15 is 0 Å². The largest absolute Gasteiger partial charge is 0.378 e. The smallest absolute Gasteiger partial charge is 0.223 e. The minimum atomic E-state index is 0.146. The van der Waals surface area contributed by atoms with Gasteiger partial charge >= 0.3 is 0 Å². The molecule has 0 aromatic heterocycles. The molecule has 1 aliphatic carbocycles. The van der Waals surface area contributed by atoms with Crippen molar-refractivity contribution in [1.82, 2.24) is 4.90 Å². The fourth-order valence-electron chi connectivity index (χ4n) is 1.84. The van der Waals surface area contributed by atoms with Gasteiger partial charge in [0.2, 0.25) is 5.91 Å². The summed E-state index contributed by atoms with van der Waals surface area (Å²) in [5.74, 6) is 3.11. The molecule has 0 aromatic rings. The highest BCUT2D eigenvalue weighted by molar-refractivity contribution is 5.76. The number of rotatable bonds is 5. The molecule has 1 aliphatic rings. The summed E-state index contributed by atoms with van der Waals surface area (Å²) in [5, 5.41) is 0. The Bertz CT molecular complexity index is 251. The third kappa shape index (κ3) is 3.56. The molecule has 15 heavy (non-hydrogen) atoms. The molecular weight excluding hydrogens is 190 g/mol. The molecule has 0 radical (unpaired) electrons. The van der Waals surface area contributed by atoms with Gasteiger partial charge < -0.3 is 9.64 Å². The van der Waals surface area contributed by atoms with E-state index in [0.717, 1.165) is 19.4 Å². The molecule has 1 rings (SSSR count). The predicted molar refractivity (Wildman–Crippen MR) is 59.2 cm³/mol. The van der Waals surface area contributed by atoms with Crippen LogP contribution in [-0.4, -0.2) is 37.1 Å². The summed E-state index contributed by atoms with van der Waals surface area (Å²) >= 11 is 0. The average Bonchev–Trinajstić information content (AvgIpc) is 2.14. The molecule has 0 unspecified atom stereocenters. The Kier molecular flexibility index (Phi) is 4.64. The van der Waals surface area contributed by atoms with E-state index in [4.69, 9.17) is 11.2 Å². The summed E-state index contributed by atoms with van der Waals surface area (Å²) < 4.78 is 5.44. The zero-order valence-corrected chi connectivity index (χ0v) is 9.53. The quantitative estimate of drug-likeness (QED) is 0.638. The van der Waals surface area contributed by atoms with Gasteiger partial charge in [-0.05, 0) is 25.7 Å². The first-order valence-electron chi connectivity index (χ1n) is 5.46. The lowest BCUT2D eigenvalue weighted by Gasteiger charge is -2.35. The van der Waals surface area contributed by atoms with Gasteiger partial charge in [-0.25, -0.2) is 0 Å². The van der Waals surface area contributed by atoms with Crippen molar-refractivity contribution in [2.75, 3.05) is 20.2 Å². The summed E-state index contributed by atoms with van der Waals surface area (Å²) in [6, 6.07) is 0. The zero-order chi connectivity index (χ0) is 11.3.